The standard InChI is InChI=1S/C10H11ClFNO2/c1-15-10(14)8(5-13)7-4-6(12)2-3-9(7)11/h2-4,8H,5,13H2,1H3. The summed E-state index contributed by atoms with van der Waals surface area (Å²) >= 11 is 5.84. The molecule has 3 nitrogen and oxygen atoms in total. The van der Waals surface area contributed by atoms with Gasteiger partial charge in [-0.15, -0.1) is 0 Å². The van der Waals surface area contributed by atoms with E-state index >= 15 is 0 Å². The SMILES string of the molecule is COC(=O)C(CN)c1cc(F)ccc1Cl. The second kappa shape index (κ2) is 5.09. The van der Waals surface area contributed by atoms with E-state index in [-0.39, 0.29) is 6.54 Å². The molecule has 82 valence electrons. The summed E-state index contributed by atoms with van der Waals surface area (Å²) in [4.78, 5) is 11.3. The molecule has 5 heteroatoms. The number of hydrogen-bond donors (Lipinski definition) is 1. The maximum atomic E-state index is 13.0. The van der Waals surface area contributed by atoms with Crippen LogP contribution in [0.25, 0.3) is 0 Å². The molecule has 0 radical (unpaired) electrons. The number of carbonyl (C=O) groups excluding carboxylic acids is 1. The summed E-state index contributed by atoms with van der Waals surface area (Å²) in [6, 6.07) is 3.80. The molecule has 0 fully saturated rings. The Kier molecular flexibility index (Phi) is 4.05. The van der Waals surface area contributed by atoms with Crippen molar-refractivity contribution in [2.75, 3.05) is 13.7 Å². The number of hydrogen-bond acceptors (Lipinski definition) is 3. The lowest BCUT2D eigenvalue weighted by molar-refractivity contribution is -0.142. The topological polar surface area (TPSA) is 52.3 Å². The number of ether oxygens (including phenoxy) is 1. The van der Waals surface area contributed by atoms with Crippen LogP contribution >= 0.6 is 11.6 Å². The number of halogens is 2. The minimum absolute atomic E-state index is 0.0237. The van der Waals surface area contributed by atoms with Crippen molar-refractivity contribution < 1.29 is 13.9 Å². The average Bonchev–Trinajstić information content (AvgIpc) is 2.23. The normalized spacial score (nSPS) is 12.3. The fraction of sp³-hybridized carbons (Fsp3) is 0.300. The lowest BCUT2D eigenvalue weighted by Crippen LogP contribution is -2.23. The summed E-state index contributed by atoms with van der Waals surface area (Å²) in [5.74, 6) is -1.71. The molecule has 1 atom stereocenters. The van der Waals surface area contributed by atoms with Gasteiger partial charge in [0.1, 0.15) is 5.82 Å². The third-order valence-electron chi connectivity index (χ3n) is 2.05. The Bertz CT molecular complexity index is 370. The molecule has 1 unspecified atom stereocenters. The number of rotatable bonds is 3. The first-order chi connectivity index (χ1) is 7.10. The summed E-state index contributed by atoms with van der Waals surface area (Å²) in [5, 5.41) is 0.303. The van der Waals surface area contributed by atoms with Gasteiger partial charge in [-0.25, -0.2) is 4.39 Å². The first kappa shape index (κ1) is 11.9. The zero-order chi connectivity index (χ0) is 11.4. The van der Waals surface area contributed by atoms with Gasteiger partial charge in [0.2, 0.25) is 0 Å². The zero-order valence-electron chi connectivity index (χ0n) is 8.17. The van der Waals surface area contributed by atoms with Crippen LogP contribution in [-0.4, -0.2) is 19.6 Å². The van der Waals surface area contributed by atoms with Crippen LogP contribution in [0.2, 0.25) is 5.02 Å². The van der Waals surface area contributed by atoms with Crippen LogP contribution < -0.4 is 5.73 Å². The van der Waals surface area contributed by atoms with E-state index in [1.165, 1.54) is 25.3 Å². The van der Waals surface area contributed by atoms with Crippen molar-refractivity contribution in [2.45, 2.75) is 5.92 Å². The van der Waals surface area contributed by atoms with E-state index in [0.29, 0.717) is 10.6 Å². The van der Waals surface area contributed by atoms with Crippen LogP contribution in [0.1, 0.15) is 11.5 Å². The van der Waals surface area contributed by atoms with Crippen LogP contribution in [0.15, 0.2) is 18.2 Å². The Labute approximate surface area is 92.0 Å². The Morgan fingerprint density at radius 2 is 2.33 bits per heavy atom. The first-order valence-electron chi connectivity index (χ1n) is 4.33. The van der Waals surface area contributed by atoms with E-state index in [1.54, 1.807) is 0 Å². The van der Waals surface area contributed by atoms with E-state index in [2.05, 4.69) is 4.74 Å². The summed E-state index contributed by atoms with van der Waals surface area (Å²) in [5.41, 5.74) is 5.77. The third-order valence-corrected chi connectivity index (χ3v) is 2.40. The van der Waals surface area contributed by atoms with E-state index in [0.717, 1.165) is 0 Å². The maximum Gasteiger partial charge on any atom is 0.314 e. The number of carbonyl (C=O) groups is 1. The van der Waals surface area contributed by atoms with Gasteiger partial charge in [-0.05, 0) is 23.8 Å². The fourth-order valence-electron chi connectivity index (χ4n) is 1.27. The van der Waals surface area contributed by atoms with Crippen LogP contribution in [-0.2, 0) is 9.53 Å². The summed E-state index contributed by atoms with van der Waals surface area (Å²) < 4.78 is 17.5. The summed E-state index contributed by atoms with van der Waals surface area (Å²) in [7, 11) is 1.25. The van der Waals surface area contributed by atoms with Crippen LogP contribution in [0.4, 0.5) is 4.39 Å². The van der Waals surface area contributed by atoms with E-state index in [9.17, 15) is 9.18 Å². The highest BCUT2D eigenvalue weighted by molar-refractivity contribution is 6.31. The van der Waals surface area contributed by atoms with Gasteiger partial charge in [-0.1, -0.05) is 11.6 Å². The highest BCUT2D eigenvalue weighted by Crippen LogP contribution is 2.25. The molecule has 0 amide bonds. The van der Waals surface area contributed by atoms with Gasteiger partial charge in [0.25, 0.3) is 0 Å². The van der Waals surface area contributed by atoms with Gasteiger partial charge in [-0.2, -0.15) is 0 Å². The van der Waals surface area contributed by atoms with Crippen molar-refractivity contribution in [3.8, 4) is 0 Å². The summed E-state index contributed by atoms with van der Waals surface area (Å²) in [6.45, 7) is 0.0237. The quantitative estimate of drug-likeness (QED) is 0.806. The minimum Gasteiger partial charge on any atom is -0.469 e. The van der Waals surface area contributed by atoms with Crippen LogP contribution in [0.3, 0.4) is 0 Å². The molecule has 0 spiro atoms. The molecule has 1 aromatic carbocycles. The second-order valence-corrected chi connectivity index (χ2v) is 3.38. The lowest BCUT2D eigenvalue weighted by atomic mass is 9.99. The van der Waals surface area contributed by atoms with Crippen molar-refractivity contribution in [1.29, 1.82) is 0 Å². The second-order valence-electron chi connectivity index (χ2n) is 2.98. The molecule has 0 heterocycles. The Hall–Kier alpha value is -1.13. The predicted octanol–water partition coefficient (Wildman–Crippen LogP) is 1.69. The van der Waals surface area contributed by atoms with E-state index in [1.807, 2.05) is 0 Å². The molecule has 1 aromatic rings. The van der Waals surface area contributed by atoms with Crippen LogP contribution in [0.5, 0.6) is 0 Å². The largest absolute Gasteiger partial charge is 0.469 e. The molecule has 0 aliphatic carbocycles. The molecular weight excluding hydrogens is 221 g/mol. The first-order valence-corrected chi connectivity index (χ1v) is 4.70. The van der Waals surface area contributed by atoms with Gasteiger partial charge in [0.05, 0.1) is 13.0 Å². The van der Waals surface area contributed by atoms with E-state index < -0.39 is 17.7 Å². The molecule has 1 rings (SSSR count). The Balaban J connectivity index is 3.11. The zero-order valence-corrected chi connectivity index (χ0v) is 8.92. The van der Waals surface area contributed by atoms with Crippen molar-refractivity contribution in [3.05, 3.63) is 34.6 Å². The molecule has 0 aliphatic rings. The van der Waals surface area contributed by atoms with Crippen molar-refractivity contribution in [1.82, 2.24) is 0 Å². The molecule has 0 saturated carbocycles. The van der Waals surface area contributed by atoms with Gasteiger partial charge >= 0.3 is 5.97 Å². The van der Waals surface area contributed by atoms with Gasteiger partial charge in [0.15, 0.2) is 0 Å². The smallest absolute Gasteiger partial charge is 0.314 e. The minimum atomic E-state index is -0.724. The van der Waals surface area contributed by atoms with Crippen molar-refractivity contribution in [2.24, 2.45) is 5.73 Å². The molecule has 2 N–H and O–H groups in total. The molecule has 0 aliphatic heterocycles. The van der Waals surface area contributed by atoms with Crippen LogP contribution in [0, 0.1) is 5.82 Å². The predicted molar refractivity (Wildman–Crippen MR) is 55.2 cm³/mol. The number of nitrogens with two attached hydrogens (primary N) is 1. The van der Waals surface area contributed by atoms with Gasteiger partial charge in [0, 0.05) is 11.6 Å². The highest BCUT2D eigenvalue weighted by atomic mass is 35.5. The fourth-order valence-corrected chi connectivity index (χ4v) is 1.52. The number of benzene rings is 1. The molecular formula is C10H11ClFNO2. The molecule has 15 heavy (non-hydrogen) atoms. The highest BCUT2D eigenvalue weighted by Gasteiger charge is 2.22. The lowest BCUT2D eigenvalue weighted by Gasteiger charge is -2.14. The third kappa shape index (κ3) is 2.67. The monoisotopic (exact) mass is 231 g/mol. The number of methoxy groups -OCH3 is 1. The van der Waals surface area contributed by atoms with Gasteiger partial charge < -0.3 is 10.5 Å². The number of esters is 1. The van der Waals surface area contributed by atoms with Crippen molar-refractivity contribution >= 4 is 17.6 Å². The van der Waals surface area contributed by atoms with Crippen molar-refractivity contribution in [3.63, 3.8) is 0 Å². The summed E-state index contributed by atoms with van der Waals surface area (Å²) in [6.07, 6.45) is 0. The maximum absolute atomic E-state index is 13.0. The molecule has 0 bridgehead atoms. The molecule has 0 saturated heterocycles. The Morgan fingerprint density at radius 3 is 2.87 bits per heavy atom. The Morgan fingerprint density at radius 1 is 1.67 bits per heavy atom. The van der Waals surface area contributed by atoms with Gasteiger partial charge in [-0.3, -0.25) is 4.79 Å². The molecule has 0 aromatic heterocycles. The average molecular weight is 232 g/mol. The van der Waals surface area contributed by atoms with E-state index in [4.69, 9.17) is 17.3 Å².